The van der Waals surface area contributed by atoms with Crippen molar-refractivity contribution in [1.82, 2.24) is 23.8 Å². The van der Waals surface area contributed by atoms with Crippen molar-refractivity contribution in [2.24, 2.45) is 5.92 Å². The van der Waals surface area contributed by atoms with Gasteiger partial charge in [-0.1, -0.05) is 203 Å². The Morgan fingerprint density at radius 3 is 1.32 bits per heavy atom. The number of aryl methyl sites for hydroxylation is 2. The van der Waals surface area contributed by atoms with Crippen LogP contribution >= 0.6 is 11.8 Å². The van der Waals surface area contributed by atoms with Gasteiger partial charge in [-0.15, -0.1) is 0 Å². The number of carbonyl (C=O) groups is 3. The molecule has 6 aliphatic rings. The molecule has 10 nitrogen and oxygen atoms in total. The van der Waals surface area contributed by atoms with Crippen LogP contribution in [0.5, 0.6) is 0 Å². The van der Waals surface area contributed by atoms with Gasteiger partial charge in [0, 0.05) is 129 Å². The Balaban J connectivity index is 0.000000151. The fourth-order valence-corrected chi connectivity index (χ4v) is 14.6. The number of fused-ring (bicyclic) bond motifs is 7. The number of hydrogen-bond acceptors (Lipinski definition) is 8. The maximum Gasteiger partial charge on any atom is 0.293 e. The fourth-order valence-electron chi connectivity index (χ4n) is 13.7. The zero-order valence-electron chi connectivity index (χ0n) is 66.3. The molecule has 11 heteroatoms. The third-order valence-electron chi connectivity index (χ3n) is 19.5. The smallest absolute Gasteiger partial charge is 0.293 e. The summed E-state index contributed by atoms with van der Waals surface area (Å²) in [6, 6.07) is 75.1. The minimum Gasteiger partial charge on any atom is -0.369 e. The Kier molecular flexibility index (Phi) is 31.7. The number of rotatable bonds is 8. The molecule has 105 heavy (non-hydrogen) atoms. The van der Waals surface area contributed by atoms with Crippen LogP contribution in [0.4, 0.5) is 16.2 Å². The van der Waals surface area contributed by atoms with Gasteiger partial charge in [0.05, 0.1) is 4.91 Å². The summed E-state index contributed by atoms with van der Waals surface area (Å²) in [6.45, 7) is 44.1. The molecule has 1 saturated heterocycles. The van der Waals surface area contributed by atoms with Crippen LogP contribution in [0.25, 0.3) is 27.8 Å². The summed E-state index contributed by atoms with van der Waals surface area (Å²) >= 11 is 1.00. The molecule has 0 unspecified atom stereocenters. The molecule has 1 fully saturated rings. The number of Topliss-reactive ketones (excluding diaryl/α,β-unsaturated/α-hetero) is 1. The first-order valence-electron chi connectivity index (χ1n) is 38.7. The van der Waals surface area contributed by atoms with E-state index < -0.39 is 0 Å². The van der Waals surface area contributed by atoms with E-state index in [1.54, 1.807) is 11.6 Å². The maximum atomic E-state index is 12.0. The van der Waals surface area contributed by atoms with Crippen LogP contribution in [0.1, 0.15) is 197 Å². The third kappa shape index (κ3) is 23.9. The van der Waals surface area contributed by atoms with Gasteiger partial charge in [-0.25, -0.2) is 0 Å². The molecule has 5 aliphatic heterocycles. The molecular weight excluding hydrogens is 1310 g/mol. The van der Waals surface area contributed by atoms with E-state index in [0.29, 0.717) is 53.4 Å². The lowest BCUT2D eigenvalue weighted by Gasteiger charge is -2.34. The molecule has 10 aromatic rings. The van der Waals surface area contributed by atoms with Crippen molar-refractivity contribution in [2.75, 3.05) is 29.4 Å². The predicted molar refractivity (Wildman–Crippen MR) is 450 cm³/mol. The summed E-state index contributed by atoms with van der Waals surface area (Å²) in [7, 11) is 0. The van der Waals surface area contributed by atoms with Gasteiger partial charge in [0.25, 0.3) is 11.1 Å². The topological polar surface area (TPSA) is 77.3 Å². The van der Waals surface area contributed by atoms with Crippen LogP contribution in [-0.4, -0.2) is 90.6 Å². The highest BCUT2D eigenvalue weighted by molar-refractivity contribution is 8.18. The summed E-state index contributed by atoms with van der Waals surface area (Å²) < 4.78 is 4.53. The average molecular weight is 1430 g/mol. The van der Waals surface area contributed by atoms with E-state index in [4.69, 9.17) is 0 Å². The highest BCUT2D eigenvalue weighted by Gasteiger charge is 2.36. The number of nitrogens with zero attached hydrogens (tertiary/aromatic N) is 7. The van der Waals surface area contributed by atoms with Crippen molar-refractivity contribution in [3.8, 4) is 0 Å². The van der Waals surface area contributed by atoms with Gasteiger partial charge in [-0.05, 0) is 238 Å². The highest BCUT2D eigenvalue weighted by Crippen LogP contribution is 2.35. The van der Waals surface area contributed by atoms with Crippen molar-refractivity contribution >= 4 is 67.8 Å². The number of carbonyl (C=O) groups excluding carboxylic acids is 3. The SMILES string of the molecule is CC(C)C.CC(C)N1C(=O)S/C(=C/c2ccccc2)C1=O.CC(C)N1CCCc2ccccc21.CC(C)N1CCc2ccccc21.CC(C)N1CCc2ccccc2C1.CC(C)N1Cc2ccccc2C1.CC(C)n1cc2ccccc2c1.CC(C)n1ccc2ccccc21.O=C1CCc2ccccc21. The zero-order valence-corrected chi connectivity index (χ0v) is 67.1. The van der Waals surface area contributed by atoms with E-state index >= 15 is 0 Å². The molecule has 0 atom stereocenters. The molecule has 0 saturated carbocycles. The van der Waals surface area contributed by atoms with Gasteiger partial charge in [-0.3, -0.25) is 29.1 Å². The van der Waals surface area contributed by atoms with Gasteiger partial charge in [0.15, 0.2) is 5.78 Å². The predicted octanol–water partition coefficient (Wildman–Crippen LogP) is 23.2. The number of hydrogen-bond donors (Lipinski definition) is 0. The molecule has 0 spiro atoms. The second-order valence-corrected chi connectivity index (χ2v) is 31.7. The van der Waals surface area contributed by atoms with Crippen LogP contribution in [-0.2, 0) is 50.1 Å². The van der Waals surface area contributed by atoms with E-state index in [1.807, 2.05) is 68.4 Å². The van der Waals surface area contributed by atoms with Crippen LogP contribution in [0.2, 0.25) is 0 Å². The van der Waals surface area contributed by atoms with E-state index in [1.165, 1.54) is 117 Å². The second kappa shape index (κ2) is 40.7. The van der Waals surface area contributed by atoms with E-state index in [0.717, 1.165) is 54.9 Å². The second-order valence-electron chi connectivity index (χ2n) is 30.7. The monoisotopic (exact) mass is 1430 g/mol. The number of benzene rings is 8. The van der Waals surface area contributed by atoms with Crippen molar-refractivity contribution in [3.63, 3.8) is 0 Å². The molecule has 16 rings (SSSR count). The van der Waals surface area contributed by atoms with Gasteiger partial charge in [-0.2, -0.15) is 0 Å². The molecule has 0 radical (unpaired) electrons. The summed E-state index contributed by atoms with van der Waals surface area (Å²) in [5.74, 6) is 0.939. The molecule has 8 aromatic carbocycles. The van der Waals surface area contributed by atoms with Gasteiger partial charge in [0.1, 0.15) is 0 Å². The van der Waals surface area contributed by atoms with Crippen LogP contribution in [0, 0.1) is 5.92 Å². The average Bonchev–Trinajstić information content (AvgIpc) is 1.42. The minimum atomic E-state index is -0.196. The number of aromatic nitrogens is 2. The Morgan fingerprint density at radius 1 is 0.362 bits per heavy atom. The fraction of sp³-hybridized carbons (Fsp3) is 0.394. The molecule has 0 bridgehead atoms. The van der Waals surface area contributed by atoms with Gasteiger partial charge in [0.2, 0.25) is 0 Å². The molecule has 0 N–H and O–H groups in total. The van der Waals surface area contributed by atoms with Gasteiger partial charge < -0.3 is 18.9 Å². The molecule has 2 aromatic heterocycles. The first kappa shape index (κ1) is 81.9. The largest absolute Gasteiger partial charge is 0.369 e. The Bertz CT molecular complexity index is 4300. The number of imide groups is 1. The van der Waals surface area contributed by atoms with Crippen molar-refractivity contribution in [1.29, 1.82) is 0 Å². The van der Waals surface area contributed by atoms with Crippen molar-refractivity contribution in [3.05, 3.63) is 280 Å². The highest BCUT2D eigenvalue weighted by atomic mass is 32.2. The van der Waals surface area contributed by atoms with E-state index in [9.17, 15) is 14.4 Å². The standard InChI is InChI=1S/C13H13NO2S.2C12H17N.C11H15N.C11H13N.C11H15N.C11H13N.C9H8O.C4H10/c1-9(2)14-12(15)11(17-13(14)16)8-10-6-4-3-5-7-10;1-10(2)13-9-5-7-11-6-3-4-8-12(11)13;1-10(2)13-8-7-11-5-3-4-6-12(11)9-13;2*1-9(2)12-7-10-5-3-4-6-11(10)8-12;2*1-9(2)12-8-7-10-5-3-4-6-11(10)12;10-9-6-5-7-3-1-2-4-8(7)9;1-4(2)3/h3-9H,1-2H3;3-4,6,8,10H,5,7,9H2,1-2H3;3-6,10H,7-9H2,1-2H3;3-6,9H,7-8H2,1-2H3;3-9H,1-2H3;3-6,9H,7-8H2,1-2H3;3-9H,1-2H3;1-4H,5-6H2;4H,1-3H3/b11-8+;;;;;;;;. The molecule has 2 amide bonds. The van der Waals surface area contributed by atoms with Crippen LogP contribution < -0.4 is 9.80 Å². The molecule has 556 valence electrons. The Labute approximate surface area is 635 Å². The molecular formula is C94H121N7O3S. The number of ketones is 1. The minimum absolute atomic E-state index is 0.0934. The lowest BCUT2D eigenvalue weighted by atomic mass is 9.99. The van der Waals surface area contributed by atoms with E-state index in [-0.39, 0.29) is 17.2 Å². The zero-order chi connectivity index (χ0) is 75.7. The quantitative estimate of drug-likeness (QED) is 0.139. The van der Waals surface area contributed by atoms with Gasteiger partial charge >= 0.3 is 0 Å². The number of anilines is 2. The van der Waals surface area contributed by atoms with Crippen molar-refractivity contribution < 1.29 is 14.4 Å². The number of thioether (sulfide) groups is 1. The number of para-hydroxylation sites is 3. The summed E-state index contributed by atoms with van der Waals surface area (Å²) in [5, 5.41) is 3.79. The Hall–Kier alpha value is -8.74. The summed E-state index contributed by atoms with van der Waals surface area (Å²) in [6.07, 6.45) is 14.9. The lowest BCUT2D eigenvalue weighted by molar-refractivity contribution is -0.123. The van der Waals surface area contributed by atoms with Crippen LogP contribution in [0.15, 0.2) is 230 Å². The normalized spacial score (nSPS) is 15.2. The maximum absolute atomic E-state index is 12.0. The first-order valence-corrected chi connectivity index (χ1v) is 39.6. The lowest BCUT2D eigenvalue weighted by Crippen LogP contribution is -2.35. The first-order chi connectivity index (χ1) is 50.4. The molecule has 7 heterocycles. The number of amides is 2. The molecule has 1 aliphatic carbocycles. The van der Waals surface area contributed by atoms with Crippen molar-refractivity contribution in [2.45, 2.75) is 218 Å². The van der Waals surface area contributed by atoms with Crippen LogP contribution in [0.3, 0.4) is 0 Å². The third-order valence-corrected chi connectivity index (χ3v) is 20.4. The summed E-state index contributed by atoms with van der Waals surface area (Å²) in [4.78, 5) is 46.5. The Morgan fingerprint density at radius 2 is 0.810 bits per heavy atom. The summed E-state index contributed by atoms with van der Waals surface area (Å²) in [5.41, 5.74) is 16.4. The van der Waals surface area contributed by atoms with E-state index in [2.05, 4.69) is 303 Å².